The number of phenols is 1. The van der Waals surface area contributed by atoms with Gasteiger partial charge in [-0.25, -0.2) is 4.39 Å². The Hall–Kier alpha value is -3.43. The molecule has 0 spiro atoms. The van der Waals surface area contributed by atoms with E-state index in [1.807, 2.05) is 0 Å². The van der Waals surface area contributed by atoms with Gasteiger partial charge in [0.05, 0.1) is 23.9 Å². The molecule has 27 heavy (non-hydrogen) atoms. The Morgan fingerprint density at radius 1 is 1.22 bits per heavy atom. The van der Waals surface area contributed by atoms with Gasteiger partial charge in [-0.1, -0.05) is 6.07 Å². The van der Waals surface area contributed by atoms with Crippen LogP contribution in [0.2, 0.25) is 0 Å². The maximum Gasteiger partial charge on any atom is 0.416 e. The van der Waals surface area contributed by atoms with Crippen LogP contribution in [0.25, 0.3) is 0 Å². The van der Waals surface area contributed by atoms with Gasteiger partial charge in [-0.2, -0.15) is 18.3 Å². The molecule has 0 saturated heterocycles. The quantitative estimate of drug-likeness (QED) is 0.680. The van der Waals surface area contributed by atoms with Crippen LogP contribution in [0.15, 0.2) is 48.9 Å². The molecule has 2 aromatic heterocycles. The number of nitrogens with one attached hydrogen (secondary N) is 1. The fourth-order valence-electron chi connectivity index (χ4n) is 2.40. The maximum absolute atomic E-state index is 13.5. The summed E-state index contributed by atoms with van der Waals surface area (Å²) in [6, 6.07) is 5.47. The van der Waals surface area contributed by atoms with E-state index in [0.717, 1.165) is 18.3 Å². The second-order valence-electron chi connectivity index (χ2n) is 5.55. The van der Waals surface area contributed by atoms with Crippen LogP contribution in [0.1, 0.15) is 21.5 Å². The Morgan fingerprint density at radius 3 is 2.70 bits per heavy atom. The number of amides is 1. The van der Waals surface area contributed by atoms with Crippen LogP contribution < -0.4 is 5.32 Å². The van der Waals surface area contributed by atoms with Gasteiger partial charge in [0.1, 0.15) is 5.75 Å². The van der Waals surface area contributed by atoms with Gasteiger partial charge in [-0.15, -0.1) is 0 Å². The number of pyridine rings is 1. The second-order valence-corrected chi connectivity index (χ2v) is 5.55. The van der Waals surface area contributed by atoms with Crippen LogP contribution in [0.5, 0.6) is 5.75 Å². The van der Waals surface area contributed by atoms with E-state index in [4.69, 9.17) is 0 Å². The molecule has 0 unspecified atom stereocenters. The topological polar surface area (TPSA) is 80.0 Å². The Kier molecular flexibility index (Phi) is 4.80. The highest BCUT2D eigenvalue weighted by Gasteiger charge is 2.33. The molecule has 0 fully saturated rings. The summed E-state index contributed by atoms with van der Waals surface area (Å²) in [6.45, 7) is -0.241. The fraction of sp³-hybridized carbons (Fsp3) is 0.118. The standard InChI is InChI=1S/C17H12F4N4O2/c18-14-8-22-5-3-12(14)16(27)23-15-4-6-25(24-15)9-10-1-2-11(26)7-13(10)17(19,20)21/h1-8,26H,9H2,(H,23,24,27). The van der Waals surface area contributed by atoms with Gasteiger partial charge < -0.3 is 10.4 Å². The molecule has 0 radical (unpaired) electrons. The Morgan fingerprint density at radius 2 is 2.00 bits per heavy atom. The molecule has 2 N–H and O–H groups in total. The van der Waals surface area contributed by atoms with Crippen molar-refractivity contribution in [3.63, 3.8) is 0 Å². The molecular weight excluding hydrogens is 368 g/mol. The summed E-state index contributed by atoms with van der Waals surface area (Å²) in [5.74, 6) is -2.03. The largest absolute Gasteiger partial charge is 0.508 e. The number of carbonyl (C=O) groups excluding carboxylic acids is 1. The number of hydrogen-bond donors (Lipinski definition) is 2. The van der Waals surface area contributed by atoms with Crippen LogP contribution in [0, 0.1) is 5.82 Å². The normalized spacial score (nSPS) is 11.4. The molecule has 0 atom stereocenters. The smallest absolute Gasteiger partial charge is 0.416 e. The van der Waals surface area contributed by atoms with Gasteiger partial charge in [-0.05, 0) is 23.8 Å². The molecule has 1 aromatic carbocycles. The molecular formula is C17H12F4N4O2. The highest BCUT2D eigenvalue weighted by Crippen LogP contribution is 2.34. The number of benzene rings is 1. The van der Waals surface area contributed by atoms with Crippen LogP contribution in [0.4, 0.5) is 23.4 Å². The number of rotatable bonds is 4. The molecule has 140 valence electrons. The molecule has 0 saturated carbocycles. The summed E-state index contributed by atoms with van der Waals surface area (Å²) in [5.41, 5.74) is -1.33. The molecule has 0 aliphatic heterocycles. The lowest BCUT2D eigenvalue weighted by atomic mass is 10.1. The molecule has 0 aliphatic carbocycles. The lowest BCUT2D eigenvalue weighted by Crippen LogP contribution is -2.15. The molecule has 10 heteroatoms. The molecule has 1 amide bonds. The third kappa shape index (κ3) is 4.22. The third-order valence-electron chi connectivity index (χ3n) is 3.63. The van der Waals surface area contributed by atoms with E-state index in [-0.39, 0.29) is 23.5 Å². The van der Waals surface area contributed by atoms with E-state index in [9.17, 15) is 27.5 Å². The van der Waals surface area contributed by atoms with Gasteiger partial charge in [0, 0.05) is 18.5 Å². The summed E-state index contributed by atoms with van der Waals surface area (Å²) in [5, 5.41) is 15.6. The number of aromatic hydroxyl groups is 1. The summed E-state index contributed by atoms with van der Waals surface area (Å²) in [7, 11) is 0. The minimum absolute atomic E-state index is 0.0450. The van der Waals surface area contributed by atoms with Crippen molar-refractivity contribution in [2.45, 2.75) is 12.7 Å². The van der Waals surface area contributed by atoms with Crippen molar-refractivity contribution in [3.8, 4) is 5.75 Å². The van der Waals surface area contributed by atoms with E-state index in [1.165, 1.54) is 29.2 Å². The molecule has 6 nitrogen and oxygen atoms in total. The average molecular weight is 380 g/mol. The first-order valence-electron chi connectivity index (χ1n) is 7.57. The van der Waals surface area contributed by atoms with Crippen LogP contribution in [-0.4, -0.2) is 25.8 Å². The maximum atomic E-state index is 13.5. The minimum atomic E-state index is -4.64. The number of hydrogen-bond acceptors (Lipinski definition) is 4. The second kappa shape index (κ2) is 7.06. The molecule has 0 bridgehead atoms. The lowest BCUT2D eigenvalue weighted by Gasteiger charge is -2.13. The summed E-state index contributed by atoms with van der Waals surface area (Å²) < 4.78 is 54.0. The third-order valence-corrected chi connectivity index (χ3v) is 3.63. The summed E-state index contributed by atoms with van der Waals surface area (Å²) >= 11 is 0. The van der Waals surface area contributed by atoms with Gasteiger partial charge in [0.25, 0.3) is 5.91 Å². The highest BCUT2D eigenvalue weighted by atomic mass is 19.4. The predicted molar refractivity (Wildman–Crippen MR) is 86.6 cm³/mol. The zero-order chi connectivity index (χ0) is 19.6. The molecule has 2 heterocycles. The molecule has 3 rings (SSSR count). The summed E-state index contributed by atoms with van der Waals surface area (Å²) in [4.78, 5) is 15.6. The Balaban J connectivity index is 1.78. The van der Waals surface area contributed by atoms with E-state index in [1.54, 1.807) is 0 Å². The lowest BCUT2D eigenvalue weighted by molar-refractivity contribution is -0.138. The first-order valence-corrected chi connectivity index (χ1v) is 7.57. The number of halogens is 4. The first-order chi connectivity index (χ1) is 12.7. The zero-order valence-electron chi connectivity index (χ0n) is 13.5. The number of carbonyl (C=O) groups is 1. The zero-order valence-corrected chi connectivity index (χ0v) is 13.5. The molecule has 3 aromatic rings. The Labute approximate surface area is 150 Å². The van der Waals surface area contributed by atoms with Crippen molar-refractivity contribution in [2.24, 2.45) is 0 Å². The van der Waals surface area contributed by atoms with Crippen molar-refractivity contribution in [3.05, 3.63) is 71.4 Å². The van der Waals surface area contributed by atoms with Crippen LogP contribution in [0.3, 0.4) is 0 Å². The first kappa shape index (κ1) is 18.4. The van der Waals surface area contributed by atoms with Gasteiger partial charge in [0.2, 0.25) is 0 Å². The monoisotopic (exact) mass is 380 g/mol. The van der Waals surface area contributed by atoms with Gasteiger partial charge in [0.15, 0.2) is 11.6 Å². The average Bonchev–Trinajstić information content (AvgIpc) is 3.03. The van der Waals surface area contributed by atoms with E-state index < -0.39 is 29.2 Å². The highest BCUT2D eigenvalue weighted by molar-refractivity contribution is 6.03. The van der Waals surface area contributed by atoms with Crippen molar-refractivity contribution in [1.29, 1.82) is 0 Å². The van der Waals surface area contributed by atoms with Crippen LogP contribution in [-0.2, 0) is 12.7 Å². The SMILES string of the molecule is O=C(Nc1ccn(Cc2ccc(O)cc2C(F)(F)F)n1)c1ccncc1F. The number of alkyl halides is 3. The Bertz CT molecular complexity index is 985. The number of aromatic nitrogens is 3. The molecule has 0 aliphatic rings. The number of anilines is 1. The fourth-order valence-corrected chi connectivity index (χ4v) is 2.40. The van der Waals surface area contributed by atoms with Crippen molar-refractivity contribution < 1.29 is 27.5 Å². The van der Waals surface area contributed by atoms with E-state index in [2.05, 4.69) is 15.4 Å². The minimum Gasteiger partial charge on any atom is -0.508 e. The van der Waals surface area contributed by atoms with Gasteiger partial charge >= 0.3 is 6.18 Å². The van der Waals surface area contributed by atoms with E-state index in [0.29, 0.717) is 6.07 Å². The number of nitrogens with zero attached hydrogens (tertiary/aromatic N) is 3. The predicted octanol–water partition coefficient (Wildman–Crippen LogP) is 3.44. The van der Waals surface area contributed by atoms with E-state index >= 15 is 0 Å². The van der Waals surface area contributed by atoms with Crippen molar-refractivity contribution in [2.75, 3.05) is 5.32 Å². The van der Waals surface area contributed by atoms with Gasteiger partial charge in [-0.3, -0.25) is 14.5 Å². The van der Waals surface area contributed by atoms with Crippen molar-refractivity contribution in [1.82, 2.24) is 14.8 Å². The number of phenolic OH excluding ortho intramolecular Hbond substituents is 1. The van der Waals surface area contributed by atoms with Crippen LogP contribution >= 0.6 is 0 Å². The summed E-state index contributed by atoms with van der Waals surface area (Å²) in [6.07, 6.45) is -1.14. The van der Waals surface area contributed by atoms with Crippen molar-refractivity contribution >= 4 is 11.7 Å².